The maximum Gasteiger partial charge on any atom is 0.236 e. The Hall–Kier alpha value is -1.00. The number of nitrogens with two attached hydrogens (primary N) is 1. The molecule has 1 aromatic carbocycles. The maximum atomic E-state index is 12.2. The van der Waals surface area contributed by atoms with Crippen molar-refractivity contribution in [1.82, 2.24) is 0 Å². The van der Waals surface area contributed by atoms with E-state index in [-0.39, 0.29) is 5.91 Å². The SMILES string of the molecule is CCN(C(=O)CSCCCN)c1ccccc1C. The lowest BCUT2D eigenvalue weighted by Crippen LogP contribution is -2.32. The minimum atomic E-state index is 0.175. The van der Waals surface area contributed by atoms with Crippen molar-refractivity contribution < 1.29 is 4.79 Å². The predicted octanol–water partition coefficient (Wildman–Crippen LogP) is 2.43. The van der Waals surface area contributed by atoms with Crippen molar-refractivity contribution in [1.29, 1.82) is 0 Å². The number of anilines is 1. The zero-order valence-electron chi connectivity index (χ0n) is 11.2. The molecule has 1 amide bonds. The molecular weight excluding hydrogens is 244 g/mol. The van der Waals surface area contributed by atoms with Crippen molar-refractivity contribution in [3.05, 3.63) is 29.8 Å². The number of aryl methyl sites for hydroxylation is 1. The van der Waals surface area contributed by atoms with Gasteiger partial charge in [0.2, 0.25) is 5.91 Å². The van der Waals surface area contributed by atoms with Gasteiger partial charge in [0.15, 0.2) is 0 Å². The van der Waals surface area contributed by atoms with Gasteiger partial charge in [-0.25, -0.2) is 0 Å². The first-order valence-electron chi connectivity index (χ1n) is 6.34. The summed E-state index contributed by atoms with van der Waals surface area (Å²) in [6.45, 7) is 5.44. The van der Waals surface area contributed by atoms with Crippen LogP contribution < -0.4 is 10.6 Å². The number of nitrogens with zero attached hydrogens (tertiary/aromatic N) is 1. The Morgan fingerprint density at radius 1 is 1.39 bits per heavy atom. The van der Waals surface area contributed by atoms with Gasteiger partial charge in [-0.3, -0.25) is 4.79 Å². The quantitative estimate of drug-likeness (QED) is 0.771. The van der Waals surface area contributed by atoms with E-state index in [4.69, 9.17) is 5.73 Å². The highest BCUT2D eigenvalue weighted by Gasteiger charge is 2.14. The summed E-state index contributed by atoms with van der Waals surface area (Å²) in [5.74, 6) is 1.66. The lowest BCUT2D eigenvalue weighted by molar-refractivity contribution is -0.116. The summed E-state index contributed by atoms with van der Waals surface area (Å²) in [7, 11) is 0. The van der Waals surface area contributed by atoms with Crippen LogP contribution in [0, 0.1) is 6.92 Å². The van der Waals surface area contributed by atoms with E-state index in [1.807, 2.05) is 43.0 Å². The second kappa shape index (κ2) is 8.16. The minimum absolute atomic E-state index is 0.175. The van der Waals surface area contributed by atoms with Gasteiger partial charge in [0.25, 0.3) is 0 Å². The Kier molecular flexibility index (Phi) is 6.83. The molecule has 18 heavy (non-hydrogen) atoms. The van der Waals surface area contributed by atoms with Gasteiger partial charge in [0, 0.05) is 12.2 Å². The molecule has 0 atom stereocenters. The highest BCUT2D eigenvalue weighted by atomic mass is 32.2. The molecular formula is C14H22N2OS. The van der Waals surface area contributed by atoms with E-state index in [0.717, 1.165) is 23.4 Å². The van der Waals surface area contributed by atoms with Gasteiger partial charge in [-0.05, 0) is 44.2 Å². The molecule has 0 fully saturated rings. The molecule has 2 N–H and O–H groups in total. The van der Waals surface area contributed by atoms with Crippen LogP contribution in [-0.4, -0.2) is 30.5 Å². The number of amides is 1. The van der Waals surface area contributed by atoms with Gasteiger partial charge in [0.05, 0.1) is 5.75 Å². The highest BCUT2D eigenvalue weighted by Crippen LogP contribution is 2.20. The first-order valence-corrected chi connectivity index (χ1v) is 7.50. The van der Waals surface area contributed by atoms with Crippen molar-refractivity contribution in [2.75, 3.05) is 29.5 Å². The summed E-state index contributed by atoms with van der Waals surface area (Å²) < 4.78 is 0. The zero-order chi connectivity index (χ0) is 13.4. The van der Waals surface area contributed by atoms with Crippen LogP contribution in [0.4, 0.5) is 5.69 Å². The fourth-order valence-electron chi connectivity index (χ4n) is 1.77. The third-order valence-corrected chi connectivity index (χ3v) is 3.77. The Morgan fingerprint density at radius 2 is 2.11 bits per heavy atom. The Labute approximate surface area is 114 Å². The first-order chi connectivity index (χ1) is 8.70. The molecule has 4 heteroatoms. The summed E-state index contributed by atoms with van der Waals surface area (Å²) in [6.07, 6.45) is 0.967. The van der Waals surface area contributed by atoms with Gasteiger partial charge in [-0.2, -0.15) is 11.8 Å². The van der Waals surface area contributed by atoms with Crippen LogP contribution in [0.25, 0.3) is 0 Å². The molecule has 0 bridgehead atoms. The fourth-order valence-corrected chi connectivity index (χ4v) is 2.62. The standard InChI is InChI=1S/C14H22N2OS/c1-3-16(13-8-5-4-7-12(13)2)14(17)11-18-10-6-9-15/h4-5,7-8H,3,6,9-11,15H2,1-2H3. The molecule has 1 rings (SSSR count). The van der Waals surface area contributed by atoms with Crippen molar-refractivity contribution in [3.63, 3.8) is 0 Å². The van der Waals surface area contributed by atoms with E-state index in [2.05, 4.69) is 0 Å². The number of carbonyl (C=O) groups excluding carboxylic acids is 1. The second-order valence-corrected chi connectivity index (χ2v) is 5.22. The van der Waals surface area contributed by atoms with E-state index in [9.17, 15) is 4.79 Å². The van der Waals surface area contributed by atoms with Gasteiger partial charge < -0.3 is 10.6 Å². The van der Waals surface area contributed by atoms with Gasteiger partial charge in [-0.15, -0.1) is 0 Å². The fraction of sp³-hybridized carbons (Fsp3) is 0.500. The van der Waals surface area contributed by atoms with E-state index in [1.165, 1.54) is 0 Å². The van der Waals surface area contributed by atoms with Crippen LogP contribution in [0.1, 0.15) is 18.9 Å². The molecule has 0 saturated carbocycles. The number of hydrogen-bond donors (Lipinski definition) is 1. The third kappa shape index (κ3) is 4.35. The van der Waals surface area contributed by atoms with Crippen molar-refractivity contribution in [3.8, 4) is 0 Å². The van der Waals surface area contributed by atoms with E-state index < -0.39 is 0 Å². The Bertz CT molecular complexity index is 382. The smallest absolute Gasteiger partial charge is 0.236 e. The Morgan fingerprint density at radius 3 is 2.72 bits per heavy atom. The van der Waals surface area contributed by atoms with Crippen molar-refractivity contribution >= 4 is 23.4 Å². The number of rotatable bonds is 7. The molecule has 0 aromatic heterocycles. The molecule has 1 aromatic rings. The third-order valence-electron chi connectivity index (χ3n) is 2.74. The molecule has 0 heterocycles. The summed E-state index contributed by atoms with van der Waals surface area (Å²) in [5, 5.41) is 0. The molecule has 3 nitrogen and oxygen atoms in total. The van der Waals surface area contributed by atoms with Gasteiger partial charge in [0.1, 0.15) is 0 Å². The monoisotopic (exact) mass is 266 g/mol. The first kappa shape index (κ1) is 15.1. The van der Waals surface area contributed by atoms with Gasteiger partial charge >= 0.3 is 0 Å². The topological polar surface area (TPSA) is 46.3 Å². The van der Waals surface area contributed by atoms with Crippen LogP contribution in [0.3, 0.4) is 0 Å². The highest BCUT2D eigenvalue weighted by molar-refractivity contribution is 7.99. The van der Waals surface area contributed by atoms with Crippen LogP contribution in [0.2, 0.25) is 0 Å². The van der Waals surface area contributed by atoms with Crippen LogP contribution in [0.5, 0.6) is 0 Å². The van der Waals surface area contributed by atoms with Gasteiger partial charge in [-0.1, -0.05) is 18.2 Å². The van der Waals surface area contributed by atoms with Crippen LogP contribution in [-0.2, 0) is 4.79 Å². The van der Waals surface area contributed by atoms with E-state index >= 15 is 0 Å². The normalized spacial score (nSPS) is 10.4. The number of para-hydroxylation sites is 1. The molecule has 0 aliphatic heterocycles. The Balaban J connectivity index is 2.60. The van der Waals surface area contributed by atoms with E-state index in [1.54, 1.807) is 11.8 Å². The number of hydrogen-bond acceptors (Lipinski definition) is 3. The molecule has 0 unspecified atom stereocenters. The summed E-state index contributed by atoms with van der Waals surface area (Å²) in [5.41, 5.74) is 7.59. The summed E-state index contributed by atoms with van der Waals surface area (Å²) >= 11 is 1.66. The lowest BCUT2D eigenvalue weighted by Gasteiger charge is -2.22. The molecule has 0 saturated heterocycles. The van der Waals surface area contributed by atoms with E-state index in [0.29, 0.717) is 18.8 Å². The average Bonchev–Trinajstić information content (AvgIpc) is 2.38. The predicted molar refractivity (Wildman–Crippen MR) is 80.2 cm³/mol. The summed E-state index contributed by atoms with van der Waals surface area (Å²) in [6, 6.07) is 8.00. The molecule has 0 spiro atoms. The molecule has 100 valence electrons. The largest absolute Gasteiger partial charge is 0.330 e. The average molecular weight is 266 g/mol. The molecule has 0 aliphatic rings. The van der Waals surface area contributed by atoms with Crippen molar-refractivity contribution in [2.45, 2.75) is 20.3 Å². The van der Waals surface area contributed by atoms with Crippen LogP contribution in [0.15, 0.2) is 24.3 Å². The number of carbonyl (C=O) groups is 1. The zero-order valence-corrected chi connectivity index (χ0v) is 12.0. The maximum absolute atomic E-state index is 12.2. The van der Waals surface area contributed by atoms with Crippen LogP contribution >= 0.6 is 11.8 Å². The van der Waals surface area contributed by atoms with Crippen molar-refractivity contribution in [2.24, 2.45) is 5.73 Å². The summed E-state index contributed by atoms with van der Waals surface area (Å²) in [4.78, 5) is 14.0. The number of benzene rings is 1. The second-order valence-electron chi connectivity index (χ2n) is 4.12. The number of thioether (sulfide) groups is 1. The molecule has 0 radical (unpaired) electrons. The lowest BCUT2D eigenvalue weighted by atomic mass is 10.2. The molecule has 0 aliphatic carbocycles. The minimum Gasteiger partial charge on any atom is -0.330 e.